The average Bonchev–Trinajstić information content (AvgIpc) is 2.21. The van der Waals surface area contributed by atoms with Crippen LogP contribution in [0.3, 0.4) is 0 Å². The van der Waals surface area contributed by atoms with Gasteiger partial charge in [0.1, 0.15) is 0 Å². The molecule has 16 heavy (non-hydrogen) atoms. The fraction of sp³-hybridized carbons (Fsp3) is 0.923. The van der Waals surface area contributed by atoms with Crippen molar-refractivity contribution in [1.29, 1.82) is 0 Å². The van der Waals surface area contributed by atoms with Crippen molar-refractivity contribution in [2.45, 2.75) is 71.3 Å². The Kier molecular flexibility index (Phi) is 10.5. The van der Waals surface area contributed by atoms with Crippen molar-refractivity contribution in [3.8, 4) is 0 Å². The van der Waals surface area contributed by atoms with Crippen LogP contribution in [0.1, 0.15) is 65.2 Å². The second-order valence-corrected chi connectivity index (χ2v) is 4.57. The fourth-order valence-corrected chi connectivity index (χ4v) is 1.76. The van der Waals surface area contributed by atoms with Gasteiger partial charge in [0.15, 0.2) is 0 Å². The maximum atomic E-state index is 10.4. The molecule has 0 aromatic rings. The number of aliphatic carboxylic acids is 1. The van der Waals surface area contributed by atoms with Crippen LogP contribution in [0.15, 0.2) is 0 Å². The van der Waals surface area contributed by atoms with Crippen molar-refractivity contribution in [2.75, 3.05) is 6.54 Å². The Morgan fingerprint density at radius 1 is 1.12 bits per heavy atom. The fourth-order valence-electron chi connectivity index (χ4n) is 1.76. The highest BCUT2D eigenvalue weighted by molar-refractivity contribution is 5.67. The van der Waals surface area contributed by atoms with E-state index in [1.165, 1.54) is 38.5 Å². The molecular formula is C13H27NO2. The monoisotopic (exact) mass is 229 g/mol. The summed E-state index contributed by atoms with van der Waals surface area (Å²) in [5.41, 5.74) is 0. The molecule has 0 bridgehead atoms. The molecule has 0 amide bonds. The molecule has 0 aromatic heterocycles. The molecule has 1 atom stereocenters. The van der Waals surface area contributed by atoms with Gasteiger partial charge < -0.3 is 10.4 Å². The van der Waals surface area contributed by atoms with E-state index in [4.69, 9.17) is 5.11 Å². The number of hydrogen-bond acceptors (Lipinski definition) is 2. The Hall–Kier alpha value is -0.570. The lowest BCUT2D eigenvalue weighted by molar-refractivity contribution is -0.137. The van der Waals surface area contributed by atoms with E-state index in [2.05, 4.69) is 12.2 Å². The molecule has 3 nitrogen and oxygen atoms in total. The smallest absolute Gasteiger partial charge is 0.304 e. The Morgan fingerprint density at radius 2 is 1.69 bits per heavy atom. The molecule has 1 unspecified atom stereocenters. The lowest BCUT2D eigenvalue weighted by Gasteiger charge is -2.10. The van der Waals surface area contributed by atoms with Crippen LogP contribution in [0.2, 0.25) is 0 Å². The zero-order valence-electron chi connectivity index (χ0n) is 10.8. The molecule has 96 valence electrons. The van der Waals surface area contributed by atoms with E-state index in [-0.39, 0.29) is 12.5 Å². The van der Waals surface area contributed by atoms with Gasteiger partial charge >= 0.3 is 5.97 Å². The van der Waals surface area contributed by atoms with Crippen molar-refractivity contribution in [1.82, 2.24) is 5.32 Å². The SMILES string of the molecule is CCCCCCCCCNC(C)CC(=O)O. The zero-order valence-corrected chi connectivity index (χ0v) is 10.8. The summed E-state index contributed by atoms with van der Waals surface area (Å²) < 4.78 is 0. The van der Waals surface area contributed by atoms with E-state index in [1.807, 2.05) is 6.92 Å². The van der Waals surface area contributed by atoms with Crippen LogP contribution in [0.4, 0.5) is 0 Å². The van der Waals surface area contributed by atoms with Crippen LogP contribution >= 0.6 is 0 Å². The van der Waals surface area contributed by atoms with Crippen molar-refractivity contribution < 1.29 is 9.90 Å². The summed E-state index contributed by atoms with van der Waals surface area (Å²) in [4.78, 5) is 10.4. The van der Waals surface area contributed by atoms with E-state index in [9.17, 15) is 4.79 Å². The zero-order chi connectivity index (χ0) is 12.2. The van der Waals surface area contributed by atoms with Crippen LogP contribution < -0.4 is 5.32 Å². The Bertz CT molecular complexity index is 171. The second-order valence-electron chi connectivity index (χ2n) is 4.57. The van der Waals surface area contributed by atoms with Gasteiger partial charge in [0.25, 0.3) is 0 Å². The molecule has 0 fully saturated rings. The third kappa shape index (κ3) is 11.5. The highest BCUT2D eigenvalue weighted by Gasteiger charge is 2.05. The molecule has 0 aliphatic rings. The Balaban J connectivity index is 3.11. The molecule has 0 rings (SSSR count). The summed E-state index contributed by atoms with van der Waals surface area (Å²) >= 11 is 0. The van der Waals surface area contributed by atoms with Crippen molar-refractivity contribution >= 4 is 5.97 Å². The van der Waals surface area contributed by atoms with E-state index in [0.29, 0.717) is 0 Å². The maximum Gasteiger partial charge on any atom is 0.304 e. The number of carbonyl (C=O) groups is 1. The van der Waals surface area contributed by atoms with Gasteiger partial charge in [0.2, 0.25) is 0 Å². The normalized spacial score (nSPS) is 12.6. The molecule has 0 saturated carbocycles. The van der Waals surface area contributed by atoms with Crippen LogP contribution in [0.25, 0.3) is 0 Å². The highest BCUT2D eigenvalue weighted by atomic mass is 16.4. The molecule has 0 spiro atoms. The van der Waals surface area contributed by atoms with Gasteiger partial charge in [0.05, 0.1) is 6.42 Å². The molecule has 0 aliphatic heterocycles. The predicted molar refractivity (Wildman–Crippen MR) is 67.7 cm³/mol. The van der Waals surface area contributed by atoms with Crippen molar-refractivity contribution in [3.05, 3.63) is 0 Å². The summed E-state index contributed by atoms with van der Waals surface area (Å²) in [6.07, 6.45) is 9.32. The number of hydrogen-bond donors (Lipinski definition) is 2. The van der Waals surface area contributed by atoms with Crippen LogP contribution in [-0.2, 0) is 4.79 Å². The number of rotatable bonds is 11. The van der Waals surface area contributed by atoms with Gasteiger partial charge in [-0.3, -0.25) is 4.79 Å². The Labute approximate surface area is 99.6 Å². The van der Waals surface area contributed by atoms with Crippen LogP contribution in [0, 0.1) is 0 Å². The molecule has 0 heterocycles. The molecule has 0 aliphatic carbocycles. The van der Waals surface area contributed by atoms with E-state index >= 15 is 0 Å². The van der Waals surface area contributed by atoms with Crippen molar-refractivity contribution in [3.63, 3.8) is 0 Å². The summed E-state index contributed by atoms with van der Waals surface area (Å²) in [7, 11) is 0. The van der Waals surface area contributed by atoms with E-state index in [1.54, 1.807) is 0 Å². The summed E-state index contributed by atoms with van der Waals surface area (Å²) in [5, 5.41) is 11.8. The first-order valence-electron chi connectivity index (χ1n) is 6.62. The number of nitrogens with one attached hydrogen (secondary N) is 1. The summed E-state index contributed by atoms with van der Waals surface area (Å²) in [6, 6.07) is 0.0950. The third-order valence-corrected chi connectivity index (χ3v) is 2.75. The maximum absolute atomic E-state index is 10.4. The number of unbranched alkanes of at least 4 members (excludes halogenated alkanes) is 6. The van der Waals surface area contributed by atoms with Gasteiger partial charge in [-0.2, -0.15) is 0 Å². The first-order valence-corrected chi connectivity index (χ1v) is 6.62. The van der Waals surface area contributed by atoms with Crippen molar-refractivity contribution in [2.24, 2.45) is 0 Å². The van der Waals surface area contributed by atoms with Gasteiger partial charge in [-0.05, 0) is 19.9 Å². The molecule has 2 N–H and O–H groups in total. The number of carboxylic acids is 1. The van der Waals surface area contributed by atoms with E-state index in [0.717, 1.165) is 13.0 Å². The third-order valence-electron chi connectivity index (χ3n) is 2.75. The minimum Gasteiger partial charge on any atom is -0.481 e. The van der Waals surface area contributed by atoms with Gasteiger partial charge in [-0.1, -0.05) is 45.4 Å². The molecule has 0 radical (unpaired) electrons. The lowest BCUT2D eigenvalue weighted by atomic mass is 10.1. The molecular weight excluding hydrogens is 202 g/mol. The first kappa shape index (κ1) is 15.4. The summed E-state index contributed by atoms with van der Waals surface area (Å²) in [5.74, 6) is -0.723. The first-order chi connectivity index (χ1) is 7.66. The van der Waals surface area contributed by atoms with E-state index < -0.39 is 5.97 Å². The highest BCUT2D eigenvalue weighted by Crippen LogP contribution is 2.06. The molecule has 0 aromatic carbocycles. The largest absolute Gasteiger partial charge is 0.481 e. The minimum atomic E-state index is -0.723. The Morgan fingerprint density at radius 3 is 2.25 bits per heavy atom. The van der Waals surface area contributed by atoms with Gasteiger partial charge in [0, 0.05) is 6.04 Å². The standard InChI is InChI=1S/C13H27NO2/c1-3-4-5-6-7-8-9-10-14-12(2)11-13(15)16/h12,14H,3-11H2,1-2H3,(H,15,16). The quantitative estimate of drug-likeness (QED) is 0.535. The second kappa shape index (κ2) is 10.9. The minimum absolute atomic E-state index is 0.0950. The predicted octanol–water partition coefficient (Wildman–Crippen LogP) is 3.19. The molecule has 3 heteroatoms. The van der Waals surface area contributed by atoms with Crippen LogP contribution in [0.5, 0.6) is 0 Å². The summed E-state index contributed by atoms with van der Waals surface area (Å²) in [6.45, 7) is 5.10. The number of carboxylic acid groups (broad SMARTS) is 1. The average molecular weight is 229 g/mol. The lowest BCUT2D eigenvalue weighted by Crippen LogP contribution is -2.29. The van der Waals surface area contributed by atoms with Gasteiger partial charge in [-0.15, -0.1) is 0 Å². The molecule has 0 saturated heterocycles. The topological polar surface area (TPSA) is 49.3 Å². The van der Waals surface area contributed by atoms with Crippen LogP contribution in [-0.4, -0.2) is 23.7 Å². The van der Waals surface area contributed by atoms with Gasteiger partial charge in [-0.25, -0.2) is 0 Å².